The molecule has 0 bridgehead atoms. The number of nitriles is 3. The van der Waals surface area contributed by atoms with Crippen molar-refractivity contribution in [2.24, 2.45) is 23.2 Å². The predicted octanol–water partition coefficient (Wildman–Crippen LogP) is 20.6. The normalized spacial score (nSPS) is 27.5. The Balaban J connectivity index is 0.000000127. The summed E-state index contributed by atoms with van der Waals surface area (Å²) in [5.41, 5.74) is 7.92. The Labute approximate surface area is 813 Å². The van der Waals surface area contributed by atoms with Crippen molar-refractivity contribution in [3.05, 3.63) is 228 Å². The van der Waals surface area contributed by atoms with Crippen molar-refractivity contribution in [2.45, 2.75) is 258 Å². The van der Waals surface area contributed by atoms with E-state index in [-0.39, 0.29) is 85.5 Å². The van der Waals surface area contributed by atoms with Gasteiger partial charge in [-0.05, 0) is 279 Å². The predicted molar refractivity (Wildman–Crippen MR) is 529 cm³/mol. The third-order valence-electron chi connectivity index (χ3n) is 35.4. The van der Waals surface area contributed by atoms with Crippen LogP contribution < -0.4 is 19.6 Å². The fourth-order valence-electron chi connectivity index (χ4n) is 25.3. The minimum atomic E-state index is -4.61. The molecule has 8 aromatic rings. The molecule has 8 amide bonds. The number of alkyl halides is 3. The summed E-state index contributed by atoms with van der Waals surface area (Å²) in [6.45, 7) is 17.6. The van der Waals surface area contributed by atoms with E-state index in [2.05, 4.69) is 248 Å². The number of nitrogens with zero attached hydrogens (tertiary/aromatic N) is 21. The molecule has 4 saturated heterocycles. The first-order chi connectivity index (χ1) is 66.5. The second kappa shape index (κ2) is 40.4. The van der Waals surface area contributed by atoms with Gasteiger partial charge in [-0.15, -0.1) is 0 Å². The van der Waals surface area contributed by atoms with Gasteiger partial charge in [-0.2, -0.15) is 29.0 Å². The molecule has 0 unspecified atom stereocenters. The highest BCUT2D eigenvalue weighted by Gasteiger charge is 2.62. The molecule has 28 heteroatoms. The highest BCUT2D eigenvalue weighted by Crippen LogP contribution is 2.57. The van der Waals surface area contributed by atoms with Gasteiger partial charge in [-0.25, -0.2) is 49.1 Å². The van der Waals surface area contributed by atoms with Gasteiger partial charge in [0.25, 0.3) is 0 Å². The number of hydrogen-bond acceptors (Lipinski definition) is 17. The number of carbonyl (C=O) groups excluding carboxylic acids is 4. The molecule has 5 aromatic carbocycles. The minimum Gasteiger partial charge on any atom is -0.317 e. The molecule has 8 aliphatic carbocycles. The summed E-state index contributed by atoms with van der Waals surface area (Å²) in [5, 5.41) is 27.3. The lowest BCUT2D eigenvalue weighted by Gasteiger charge is -2.53. The number of rotatable bonds is 23. The van der Waals surface area contributed by atoms with E-state index in [4.69, 9.17) is 10.5 Å². The second-order valence-corrected chi connectivity index (χ2v) is 42.5. The molecule has 12 fully saturated rings. The number of amides is 8. The van der Waals surface area contributed by atoms with Crippen LogP contribution in [0.15, 0.2) is 183 Å². The Morgan fingerprint density at radius 2 is 0.623 bits per heavy atom. The fourth-order valence-corrected chi connectivity index (χ4v) is 25.3. The smallest absolute Gasteiger partial charge is 0.317 e. The van der Waals surface area contributed by atoms with E-state index in [0.717, 1.165) is 179 Å². The van der Waals surface area contributed by atoms with E-state index in [1.807, 2.05) is 62.1 Å². The molecular weight excluding hydrogens is 1740 g/mol. The van der Waals surface area contributed by atoms with E-state index in [1.165, 1.54) is 86.5 Å². The molecule has 12 aliphatic rings. The van der Waals surface area contributed by atoms with Gasteiger partial charge in [0.1, 0.15) is 12.1 Å². The zero-order chi connectivity index (χ0) is 97.1. The van der Waals surface area contributed by atoms with Crippen LogP contribution in [0.1, 0.15) is 253 Å². The van der Waals surface area contributed by atoms with Crippen molar-refractivity contribution in [3.63, 3.8) is 0 Å². The number of aromatic nitrogens is 6. The lowest BCUT2D eigenvalue weighted by Crippen LogP contribution is -2.57. The maximum absolute atomic E-state index is 13.8. The number of halogens is 3. The van der Waals surface area contributed by atoms with Gasteiger partial charge in [0.15, 0.2) is 0 Å². The first kappa shape index (κ1) is 98.1. The van der Waals surface area contributed by atoms with Crippen LogP contribution in [0.4, 0.5) is 55.1 Å². The summed E-state index contributed by atoms with van der Waals surface area (Å²) >= 11 is 0. The summed E-state index contributed by atoms with van der Waals surface area (Å²) in [5.74, 6) is 0.808. The number of hydrogen-bond donors (Lipinski definition) is 0. The standard InChI is InChI=1S/C29H36N4O.C27H34F3N5O.2C27H34N6O/c1-3-31(2)29(25-10-5-4-6-11-25)18-16-28(17-19-29)22-32(26-14-12-23(20-30)13-15-26)27(34)33(28)21-24-8-7-9-24;1-3-33(2)26(21-10-5-4-6-11-21)14-12-25(13-15-26)19-34(24(36)35(25)18-20-8-7-9-20)22-16-31-23(32-17-22)27(28,29)30;1-25(10-7-11-25)19-33-24(34)32(22-17-29-23(16-28)30-18-22)20-26(33)12-14-27(15-13-26,31(2)3)21-8-5-4-6-9-21;1-3-31(2)27(22-10-5-4-6-11-22)14-12-26(13-15-27)20-32(23-17-29-24(16-28)30-18-23)25(34)33(26)19-21-8-7-9-21/h4-6,10-15,24H,3,7-9,16-19,21-22H2,1-2H3;4-6,10-11,16-17,20H,3,7-9,12-15,18-19H2,1-2H3;4-6,8-9,17-18H,7,10-15,19-20H2,1-3H3;4-6,10-11,17-18,21H,3,7-9,12-15,19-20H2,1-2H3. The quantitative estimate of drug-likeness (QED) is 0.0576. The van der Waals surface area contributed by atoms with Crippen molar-refractivity contribution in [3.8, 4) is 18.2 Å². The number of urea groups is 4. The highest BCUT2D eigenvalue weighted by molar-refractivity contribution is 5.98. The van der Waals surface area contributed by atoms with Gasteiger partial charge in [0.2, 0.25) is 17.5 Å². The molecule has 4 aliphatic heterocycles. The molecule has 3 aromatic heterocycles. The first-order valence-corrected chi connectivity index (χ1v) is 50.8. The van der Waals surface area contributed by atoms with Gasteiger partial charge in [-0.3, -0.25) is 39.2 Å². The number of carbonyl (C=O) groups is 4. The maximum atomic E-state index is 13.8. The largest absolute Gasteiger partial charge is 0.451 e. The van der Waals surface area contributed by atoms with E-state index >= 15 is 0 Å². The summed E-state index contributed by atoms with van der Waals surface area (Å²) in [7, 11) is 11.0. The molecule has 138 heavy (non-hydrogen) atoms. The lowest BCUT2D eigenvalue weighted by molar-refractivity contribution is -0.145. The Bertz CT molecular complexity index is 5460. The number of anilines is 4. The average molecular weight is 1880 g/mol. The topological polar surface area (TPSA) is 256 Å². The van der Waals surface area contributed by atoms with Crippen LogP contribution in [-0.4, -0.2) is 223 Å². The Hall–Kier alpha value is -11.5. The van der Waals surface area contributed by atoms with E-state index in [9.17, 15) is 37.6 Å². The van der Waals surface area contributed by atoms with Crippen LogP contribution in [0, 0.1) is 57.2 Å². The molecular formula is C110H138F3N21O4. The van der Waals surface area contributed by atoms with Crippen molar-refractivity contribution >= 4 is 46.9 Å². The zero-order valence-corrected chi connectivity index (χ0v) is 82.3. The lowest BCUT2D eigenvalue weighted by atomic mass is 9.66. The molecule has 0 atom stereocenters. The Morgan fingerprint density at radius 3 is 0.877 bits per heavy atom. The Kier molecular flexibility index (Phi) is 28.7. The van der Waals surface area contributed by atoms with Crippen LogP contribution in [0.3, 0.4) is 0 Å². The second-order valence-electron chi connectivity index (χ2n) is 42.5. The third-order valence-corrected chi connectivity index (χ3v) is 35.4. The molecule has 4 spiro atoms. The van der Waals surface area contributed by atoms with Gasteiger partial charge in [0, 0.05) is 54.0 Å². The Morgan fingerprint density at radius 1 is 0.348 bits per heavy atom. The van der Waals surface area contributed by atoms with E-state index < -0.39 is 12.0 Å². The molecule has 25 nitrogen and oxygen atoms in total. The van der Waals surface area contributed by atoms with Crippen molar-refractivity contribution in [1.29, 1.82) is 15.8 Å². The molecule has 0 N–H and O–H groups in total. The summed E-state index contributed by atoms with van der Waals surface area (Å²) in [4.78, 5) is 104. The van der Waals surface area contributed by atoms with Crippen LogP contribution in [0.5, 0.6) is 0 Å². The van der Waals surface area contributed by atoms with Crippen LogP contribution in [-0.2, 0) is 28.3 Å². The monoisotopic (exact) mass is 1870 g/mol. The molecule has 0 radical (unpaired) electrons. The fraction of sp³-hybridized carbons (Fsp3) is 0.555. The van der Waals surface area contributed by atoms with Gasteiger partial charge in [-0.1, -0.05) is 175 Å². The van der Waals surface area contributed by atoms with Crippen molar-refractivity contribution in [2.75, 3.05) is 127 Å². The molecule has 7 heterocycles. The molecule has 728 valence electrons. The van der Waals surface area contributed by atoms with Crippen molar-refractivity contribution in [1.82, 2.24) is 69.1 Å². The summed E-state index contributed by atoms with van der Waals surface area (Å²) in [6.07, 6.45) is 34.1. The number of benzene rings is 5. The van der Waals surface area contributed by atoms with Crippen LogP contribution in [0.2, 0.25) is 0 Å². The highest BCUT2D eigenvalue weighted by atomic mass is 19.4. The van der Waals surface area contributed by atoms with E-state index in [0.29, 0.717) is 66.6 Å². The third kappa shape index (κ3) is 18.8. The summed E-state index contributed by atoms with van der Waals surface area (Å²) in [6, 6.07) is 57.0. The SMILES string of the molecule is CCN(C)C1(c2ccccc2)CCC2(CC1)CN(c1ccc(C#N)cc1)C(=O)N2CC1CCC1.CCN(C)C1(c2ccccc2)CCC2(CC1)CN(c1cnc(C#N)nc1)C(=O)N2CC1CCC1.CCN(C)C1(c2ccccc2)CCC2(CC1)CN(c1cnc(C(F)(F)F)nc1)C(=O)N2CC1CCC1.CN(C)C1(c2ccccc2)CCC2(CC1)CN(c1cnc(C#N)nc1)C(=O)N2CC1(C)CCC1. The zero-order valence-electron chi connectivity index (χ0n) is 82.3. The minimum absolute atomic E-state index is 0.00256. The van der Waals surface area contributed by atoms with E-state index in [1.54, 1.807) is 29.7 Å². The van der Waals surface area contributed by atoms with Crippen LogP contribution in [0.25, 0.3) is 0 Å². The van der Waals surface area contributed by atoms with Gasteiger partial charge >= 0.3 is 30.3 Å². The van der Waals surface area contributed by atoms with Crippen LogP contribution >= 0.6 is 0 Å². The maximum Gasteiger partial charge on any atom is 0.451 e. The van der Waals surface area contributed by atoms with Crippen molar-refractivity contribution < 1.29 is 32.3 Å². The molecule has 20 rings (SSSR count). The average Bonchev–Trinajstić information content (AvgIpc) is 1.58. The first-order valence-electron chi connectivity index (χ1n) is 50.8. The molecule has 8 saturated carbocycles. The summed E-state index contributed by atoms with van der Waals surface area (Å²) < 4.78 is 39.0. The van der Waals surface area contributed by atoms with Gasteiger partial charge < -0.3 is 19.6 Å². The van der Waals surface area contributed by atoms with Gasteiger partial charge in [0.05, 0.1) is 114 Å².